The largest absolute Gasteiger partial charge is 0.504 e. The normalized spacial score (nSPS) is 12.1. The van der Waals surface area contributed by atoms with Crippen molar-refractivity contribution in [2.24, 2.45) is 0 Å². The maximum atomic E-state index is 9.70. The van der Waals surface area contributed by atoms with Crippen LogP contribution in [0.4, 0.5) is 0 Å². The predicted octanol–water partition coefficient (Wildman–Crippen LogP) is 3.95. The van der Waals surface area contributed by atoms with Gasteiger partial charge in [-0.25, -0.2) is 0 Å². The predicted molar refractivity (Wildman–Crippen MR) is 85.7 cm³/mol. The molecule has 0 fully saturated rings. The summed E-state index contributed by atoms with van der Waals surface area (Å²) in [6.07, 6.45) is 0. The fraction of sp³-hybridized carbons (Fsp3) is 0.333. The third kappa shape index (κ3) is 4.23. The zero-order valence-electron chi connectivity index (χ0n) is 12.9. The Morgan fingerprint density at radius 1 is 1.14 bits per heavy atom. The second-order valence-corrected chi connectivity index (χ2v) is 5.25. The number of aryl methyl sites for hydroxylation is 1. The second kappa shape index (κ2) is 7.14. The van der Waals surface area contributed by atoms with E-state index in [4.69, 9.17) is 4.74 Å². The summed E-state index contributed by atoms with van der Waals surface area (Å²) >= 11 is 0. The first-order chi connectivity index (χ1) is 10.1. The molecule has 0 aliphatic rings. The summed E-state index contributed by atoms with van der Waals surface area (Å²) in [6, 6.07) is 14.3. The standard InChI is InChI=1S/C18H23NO2/c1-4-21-18-11-15(7-10-17(18)20)12-19-14(3)16-8-5-13(2)6-9-16/h5-11,14,19-20H,4,12H2,1-3H3/t14-/m1/s1. The molecule has 2 aromatic rings. The van der Waals surface area contributed by atoms with Crippen molar-refractivity contribution in [1.29, 1.82) is 0 Å². The Balaban J connectivity index is 1.99. The topological polar surface area (TPSA) is 41.5 Å². The van der Waals surface area contributed by atoms with Gasteiger partial charge in [-0.1, -0.05) is 35.9 Å². The minimum Gasteiger partial charge on any atom is -0.504 e. The average Bonchev–Trinajstić information content (AvgIpc) is 2.48. The van der Waals surface area contributed by atoms with Crippen LogP contribution in [0, 0.1) is 6.92 Å². The first-order valence-electron chi connectivity index (χ1n) is 7.34. The zero-order chi connectivity index (χ0) is 15.2. The van der Waals surface area contributed by atoms with Crippen molar-refractivity contribution in [2.75, 3.05) is 6.61 Å². The van der Waals surface area contributed by atoms with Crippen LogP contribution in [0.25, 0.3) is 0 Å². The highest BCUT2D eigenvalue weighted by atomic mass is 16.5. The minimum absolute atomic E-state index is 0.187. The van der Waals surface area contributed by atoms with E-state index in [-0.39, 0.29) is 11.8 Å². The van der Waals surface area contributed by atoms with E-state index in [2.05, 4.69) is 43.4 Å². The summed E-state index contributed by atoms with van der Waals surface area (Å²) < 4.78 is 5.40. The van der Waals surface area contributed by atoms with Crippen LogP contribution in [0.2, 0.25) is 0 Å². The van der Waals surface area contributed by atoms with Crippen LogP contribution in [0.15, 0.2) is 42.5 Å². The Morgan fingerprint density at radius 2 is 1.86 bits per heavy atom. The van der Waals surface area contributed by atoms with Crippen LogP contribution in [-0.2, 0) is 6.54 Å². The Bertz CT molecular complexity index is 578. The first-order valence-corrected chi connectivity index (χ1v) is 7.34. The monoisotopic (exact) mass is 285 g/mol. The summed E-state index contributed by atoms with van der Waals surface area (Å²) in [5, 5.41) is 13.2. The highest BCUT2D eigenvalue weighted by molar-refractivity contribution is 5.41. The molecule has 0 heterocycles. The van der Waals surface area contributed by atoms with E-state index in [9.17, 15) is 5.11 Å². The summed E-state index contributed by atoms with van der Waals surface area (Å²) in [5.41, 5.74) is 3.63. The van der Waals surface area contributed by atoms with Crippen LogP contribution >= 0.6 is 0 Å². The van der Waals surface area contributed by atoms with E-state index in [1.165, 1.54) is 11.1 Å². The molecule has 0 saturated carbocycles. The van der Waals surface area contributed by atoms with Crippen LogP contribution < -0.4 is 10.1 Å². The number of aromatic hydroxyl groups is 1. The number of nitrogens with one attached hydrogen (secondary N) is 1. The average molecular weight is 285 g/mol. The van der Waals surface area contributed by atoms with Crippen molar-refractivity contribution < 1.29 is 9.84 Å². The molecule has 0 aromatic heterocycles. The van der Waals surface area contributed by atoms with Crippen molar-refractivity contribution in [3.63, 3.8) is 0 Å². The Labute approximate surface area is 126 Å². The van der Waals surface area contributed by atoms with Gasteiger partial charge in [0.05, 0.1) is 6.61 Å². The molecule has 0 bridgehead atoms. The molecule has 112 valence electrons. The van der Waals surface area contributed by atoms with E-state index in [0.717, 1.165) is 12.1 Å². The van der Waals surface area contributed by atoms with Crippen molar-refractivity contribution in [3.05, 3.63) is 59.2 Å². The van der Waals surface area contributed by atoms with Gasteiger partial charge in [-0.2, -0.15) is 0 Å². The molecule has 21 heavy (non-hydrogen) atoms. The van der Waals surface area contributed by atoms with Crippen LogP contribution in [0.5, 0.6) is 11.5 Å². The van der Waals surface area contributed by atoms with E-state index in [0.29, 0.717) is 12.4 Å². The van der Waals surface area contributed by atoms with E-state index < -0.39 is 0 Å². The number of phenolic OH excluding ortho intramolecular Hbond substituents is 1. The Kier molecular flexibility index (Phi) is 5.23. The first kappa shape index (κ1) is 15.4. The number of hydrogen-bond donors (Lipinski definition) is 2. The van der Waals surface area contributed by atoms with Crippen LogP contribution in [0.1, 0.15) is 36.6 Å². The number of rotatable bonds is 6. The van der Waals surface area contributed by atoms with Gasteiger partial charge in [0.1, 0.15) is 0 Å². The van der Waals surface area contributed by atoms with Gasteiger partial charge in [-0.3, -0.25) is 0 Å². The smallest absolute Gasteiger partial charge is 0.161 e. The fourth-order valence-corrected chi connectivity index (χ4v) is 2.18. The van der Waals surface area contributed by atoms with Crippen molar-refractivity contribution in [3.8, 4) is 11.5 Å². The molecular weight excluding hydrogens is 262 g/mol. The number of hydrogen-bond acceptors (Lipinski definition) is 3. The third-order valence-electron chi connectivity index (χ3n) is 3.51. The third-order valence-corrected chi connectivity index (χ3v) is 3.51. The summed E-state index contributed by atoms with van der Waals surface area (Å²) in [7, 11) is 0. The van der Waals surface area contributed by atoms with Gasteiger partial charge in [0.25, 0.3) is 0 Å². The molecule has 0 unspecified atom stereocenters. The summed E-state index contributed by atoms with van der Waals surface area (Å²) in [4.78, 5) is 0. The summed E-state index contributed by atoms with van der Waals surface area (Å²) in [6.45, 7) is 7.42. The molecular formula is C18H23NO2. The van der Waals surface area contributed by atoms with Gasteiger partial charge in [-0.05, 0) is 44.0 Å². The minimum atomic E-state index is 0.187. The SMILES string of the molecule is CCOc1cc(CN[C@H](C)c2ccc(C)cc2)ccc1O. The van der Waals surface area contributed by atoms with Gasteiger partial charge in [0.15, 0.2) is 11.5 Å². The fourth-order valence-electron chi connectivity index (χ4n) is 2.18. The molecule has 2 aromatic carbocycles. The highest BCUT2D eigenvalue weighted by Gasteiger charge is 2.07. The lowest BCUT2D eigenvalue weighted by molar-refractivity contribution is 0.317. The van der Waals surface area contributed by atoms with Gasteiger partial charge in [0.2, 0.25) is 0 Å². The zero-order valence-corrected chi connectivity index (χ0v) is 12.9. The van der Waals surface area contributed by atoms with Gasteiger partial charge < -0.3 is 15.2 Å². The molecule has 2 N–H and O–H groups in total. The van der Waals surface area contributed by atoms with Crippen molar-refractivity contribution in [2.45, 2.75) is 33.4 Å². The maximum absolute atomic E-state index is 9.70. The lowest BCUT2D eigenvalue weighted by Gasteiger charge is -2.15. The van der Waals surface area contributed by atoms with E-state index in [1.54, 1.807) is 6.07 Å². The van der Waals surface area contributed by atoms with Crippen LogP contribution in [-0.4, -0.2) is 11.7 Å². The molecule has 0 saturated heterocycles. The Hall–Kier alpha value is -2.00. The van der Waals surface area contributed by atoms with Crippen molar-refractivity contribution >= 4 is 0 Å². The number of benzene rings is 2. The number of ether oxygens (including phenoxy) is 1. The highest BCUT2D eigenvalue weighted by Crippen LogP contribution is 2.27. The summed E-state index contributed by atoms with van der Waals surface area (Å²) in [5.74, 6) is 0.729. The van der Waals surface area contributed by atoms with E-state index in [1.807, 2.05) is 19.1 Å². The molecule has 0 amide bonds. The van der Waals surface area contributed by atoms with Crippen molar-refractivity contribution in [1.82, 2.24) is 5.32 Å². The lowest BCUT2D eigenvalue weighted by atomic mass is 10.1. The Morgan fingerprint density at radius 3 is 2.52 bits per heavy atom. The quantitative estimate of drug-likeness (QED) is 0.844. The van der Waals surface area contributed by atoms with Crippen LogP contribution in [0.3, 0.4) is 0 Å². The molecule has 0 spiro atoms. The lowest BCUT2D eigenvalue weighted by Crippen LogP contribution is -2.18. The molecule has 3 heteroatoms. The molecule has 0 radical (unpaired) electrons. The molecule has 2 rings (SSSR count). The molecule has 0 aliphatic carbocycles. The number of phenols is 1. The van der Waals surface area contributed by atoms with E-state index >= 15 is 0 Å². The van der Waals surface area contributed by atoms with Gasteiger partial charge in [0, 0.05) is 12.6 Å². The maximum Gasteiger partial charge on any atom is 0.161 e. The van der Waals surface area contributed by atoms with Gasteiger partial charge >= 0.3 is 0 Å². The molecule has 0 aliphatic heterocycles. The molecule has 3 nitrogen and oxygen atoms in total. The van der Waals surface area contributed by atoms with Gasteiger partial charge in [-0.15, -0.1) is 0 Å². The molecule has 1 atom stereocenters. The second-order valence-electron chi connectivity index (χ2n) is 5.25.